The number of hydrogen-bond acceptors (Lipinski definition) is 6. The maximum absolute atomic E-state index is 12.4. The molecule has 3 rings (SSSR count). The molecule has 0 fully saturated rings. The van der Waals surface area contributed by atoms with Gasteiger partial charge in [-0.15, -0.1) is 11.3 Å². The van der Waals surface area contributed by atoms with Gasteiger partial charge >= 0.3 is 0 Å². The molecule has 9 heteroatoms. The van der Waals surface area contributed by atoms with Crippen LogP contribution in [0.25, 0.3) is 0 Å². The predicted molar refractivity (Wildman–Crippen MR) is 81.1 cm³/mol. The van der Waals surface area contributed by atoms with E-state index < -0.39 is 5.91 Å². The van der Waals surface area contributed by atoms with Crippen molar-refractivity contribution in [1.82, 2.24) is 19.4 Å². The minimum absolute atomic E-state index is 0.00150. The van der Waals surface area contributed by atoms with E-state index in [-0.39, 0.29) is 12.3 Å². The fraction of sp³-hybridized carbons (Fsp3) is 0.385. The van der Waals surface area contributed by atoms with E-state index in [0.29, 0.717) is 36.3 Å². The predicted octanol–water partition coefficient (Wildman–Crippen LogP) is -0.0860. The lowest BCUT2D eigenvalue weighted by molar-refractivity contribution is -0.131. The molecule has 0 unspecified atom stereocenters. The van der Waals surface area contributed by atoms with Gasteiger partial charge in [0.2, 0.25) is 5.91 Å². The van der Waals surface area contributed by atoms with Gasteiger partial charge in [-0.2, -0.15) is 0 Å². The van der Waals surface area contributed by atoms with Crippen LogP contribution in [0.3, 0.4) is 0 Å². The van der Waals surface area contributed by atoms with E-state index in [1.165, 1.54) is 17.5 Å². The fourth-order valence-electron chi connectivity index (χ4n) is 2.53. The van der Waals surface area contributed by atoms with E-state index in [9.17, 15) is 9.59 Å². The summed E-state index contributed by atoms with van der Waals surface area (Å²) in [4.78, 5) is 34.6. The molecule has 0 radical (unpaired) electrons. The highest BCUT2D eigenvalue weighted by Crippen LogP contribution is 2.22. The van der Waals surface area contributed by atoms with Gasteiger partial charge in [0.1, 0.15) is 11.5 Å². The number of carbonyl (C=O) groups excluding carboxylic acids is 2. The molecule has 0 aliphatic carbocycles. The Balaban J connectivity index is 1.73. The lowest BCUT2D eigenvalue weighted by Gasteiger charge is -2.28. The Morgan fingerprint density at radius 3 is 2.82 bits per heavy atom. The van der Waals surface area contributed by atoms with Crippen LogP contribution in [-0.2, 0) is 24.3 Å². The Morgan fingerprint density at radius 2 is 2.18 bits per heavy atom. The van der Waals surface area contributed by atoms with Crippen LogP contribution in [0.2, 0.25) is 0 Å². The van der Waals surface area contributed by atoms with Crippen LogP contribution in [0.5, 0.6) is 0 Å². The number of amides is 2. The van der Waals surface area contributed by atoms with Gasteiger partial charge in [-0.1, -0.05) is 0 Å². The highest BCUT2D eigenvalue weighted by molar-refractivity contribution is 7.15. The van der Waals surface area contributed by atoms with Gasteiger partial charge in [0.15, 0.2) is 5.13 Å². The standard InChI is InChI=1S/C13H16N6O2S/c1-7-9(22-13(15)17-7)4-11(20)18-2-3-19-8(12(14)21)5-16-10(19)6-18/h5H,2-4,6H2,1H3,(H2,14,21)(H2,15,17). The molecule has 0 saturated heterocycles. The zero-order valence-corrected chi connectivity index (χ0v) is 12.9. The highest BCUT2D eigenvalue weighted by atomic mass is 32.1. The van der Waals surface area contributed by atoms with E-state index in [0.717, 1.165) is 10.6 Å². The molecule has 8 nitrogen and oxygen atoms in total. The molecular weight excluding hydrogens is 304 g/mol. The second-order valence-electron chi connectivity index (χ2n) is 5.13. The molecule has 2 aromatic rings. The van der Waals surface area contributed by atoms with Crippen LogP contribution in [0.4, 0.5) is 5.13 Å². The maximum Gasteiger partial charge on any atom is 0.266 e. The normalized spacial score (nSPS) is 14.0. The van der Waals surface area contributed by atoms with Crippen LogP contribution in [0, 0.1) is 6.92 Å². The number of aromatic nitrogens is 3. The van der Waals surface area contributed by atoms with Crippen LogP contribution < -0.4 is 11.5 Å². The van der Waals surface area contributed by atoms with Gasteiger partial charge in [-0.3, -0.25) is 9.59 Å². The fourth-order valence-corrected chi connectivity index (χ4v) is 3.36. The van der Waals surface area contributed by atoms with Crippen LogP contribution >= 0.6 is 11.3 Å². The summed E-state index contributed by atoms with van der Waals surface area (Å²) in [7, 11) is 0. The second-order valence-corrected chi connectivity index (χ2v) is 6.24. The van der Waals surface area contributed by atoms with Crippen molar-refractivity contribution in [1.29, 1.82) is 0 Å². The van der Waals surface area contributed by atoms with E-state index in [1.807, 2.05) is 6.92 Å². The molecule has 2 amide bonds. The number of thiazole rings is 1. The first kappa shape index (κ1) is 14.5. The summed E-state index contributed by atoms with van der Waals surface area (Å²) in [5.74, 6) is 0.171. The summed E-state index contributed by atoms with van der Waals surface area (Å²) in [6, 6.07) is 0. The Morgan fingerprint density at radius 1 is 1.41 bits per heavy atom. The van der Waals surface area contributed by atoms with Crippen molar-refractivity contribution in [2.45, 2.75) is 26.4 Å². The summed E-state index contributed by atoms with van der Waals surface area (Å²) in [5, 5.41) is 0.473. The van der Waals surface area contributed by atoms with Crippen molar-refractivity contribution in [2.24, 2.45) is 5.73 Å². The van der Waals surface area contributed by atoms with Gasteiger partial charge in [0.05, 0.1) is 24.9 Å². The molecular formula is C13H16N6O2S. The third-order valence-corrected chi connectivity index (χ3v) is 4.68. The summed E-state index contributed by atoms with van der Waals surface area (Å²) in [6.07, 6.45) is 1.74. The maximum atomic E-state index is 12.4. The van der Waals surface area contributed by atoms with Crippen molar-refractivity contribution in [3.63, 3.8) is 0 Å². The molecule has 1 aliphatic rings. The molecule has 0 saturated carbocycles. The first-order valence-electron chi connectivity index (χ1n) is 6.79. The molecule has 4 N–H and O–H groups in total. The topological polar surface area (TPSA) is 120 Å². The third-order valence-electron chi connectivity index (χ3n) is 3.69. The highest BCUT2D eigenvalue weighted by Gasteiger charge is 2.25. The van der Waals surface area contributed by atoms with E-state index in [1.54, 1.807) is 9.47 Å². The van der Waals surface area contributed by atoms with Crippen molar-refractivity contribution >= 4 is 28.3 Å². The Kier molecular flexibility index (Phi) is 3.57. The monoisotopic (exact) mass is 320 g/mol. The minimum atomic E-state index is -0.505. The molecule has 3 heterocycles. The van der Waals surface area contributed by atoms with Gasteiger partial charge in [-0.25, -0.2) is 9.97 Å². The van der Waals surface area contributed by atoms with Gasteiger partial charge in [0.25, 0.3) is 5.91 Å². The van der Waals surface area contributed by atoms with Crippen molar-refractivity contribution in [3.8, 4) is 0 Å². The van der Waals surface area contributed by atoms with Crippen molar-refractivity contribution in [3.05, 3.63) is 28.3 Å². The summed E-state index contributed by atoms with van der Waals surface area (Å²) in [6.45, 7) is 3.26. The number of anilines is 1. The van der Waals surface area contributed by atoms with E-state index in [2.05, 4.69) is 9.97 Å². The molecule has 0 spiro atoms. The number of nitrogen functional groups attached to an aromatic ring is 1. The zero-order valence-electron chi connectivity index (χ0n) is 12.1. The summed E-state index contributed by atoms with van der Waals surface area (Å²) >= 11 is 1.34. The number of primary amides is 1. The number of carbonyl (C=O) groups is 2. The average Bonchev–Trinajstić information content (AvgIpc) is 3.01. The lowest BCUT2D eigenvalue weighted by Crippen LogP contribution is -2.40. The van der Waals surface area contributed by atoms with E-state index in [4.69, 9.17) is 11.5 Å². The molecule has 0 atom stereocenters. The van der Waals surface area contributed by atoms with Crippen LogP contribution in [-0.4, -0.2) is 37.8 Å². The number of fused-ring (bicyclic) bond motifs is 1. The average molecular weight is 320 g/mol. The Bertz CT molecular complexity index is 750. The van der Waals surface area contributed by atoms with E-state index >= 15 is 0 Å². The zero-order chi connectivity index (χ0) is 15.9. The summed E-state index contributed by atoms with van der Waals surface area (Å²) < 4.78 is 1.77. The Hall–Kier alpha value is -2.42. The largest absolute Gasteiger partial charge is 0.375 e. The van der Waals surface area contributed by atoms with Gasteiger partial charge in [0, 0.05) is 18.0 Å². The smallest absolute Gasteiger partial charge is 0.266 e. The van der Waals surface area contributed by atoms with Crippen molar-refractivity contribution < 1.29 is 9.59 Å². The molecule has 2 aromatic heterocycles. The number of nitrogens with zero attached hydrogens (tertiary/aromatic N) is 4. The first-order chi connectivity index (χ1) is 10.5. The molecule has 116 valence electrons. The molecule has 22 heavy (non-hydrogen) atoms. The summed E-state index contributed by atoms with van der Waals surface area (Å²) in [5.41, 5.74) is 12.1. The lowest BCUT2D eigenvalue weighted by atomic mass is 10.2. The van der Waals surface area contributed by atoms with Gasteiger partial charge < -0.3 is 20.9 Å². The Labute approximate surface area is 130 Å². The molecule has 0 aromatic carbocycles. The number of hydrogen-bond donors (Lipinski definition) is 2. The number of rotatable bonds is 3. The SMILES string of the molecule is Cc1nc(N)sc1CC(=O)N1CCn2c(C(N)=O)cnc2C1. The van der Waals surface area contributed by atoms with Crippen LogP contribution in [0.15, 0.2) is 6.20 Å². The quantitative estimate of drug-likeness (QED) is 0.819. The van der Waals surface area contributed by atoms with Crippen LogP contribution in [0.1, 0.15) is 26.9 Å². The first-order valence-corrected chi connectivity index (χ1v) is 7.61. The number of aryl methyl sites for hydroxylation is 1. The second kappa shape index (κ2) is 5.41. The number of imidazole rings is 1. The number of nitrogens with two attached hydrogens (primary N) is 2. The third kappa shape index (κ3) is 2.54. The van der Waals surface area contributed by atoms with Crippen molar-refractivity contribution in [2.75, 3.05) is 12.3 Å². The van der Waals surface area contributed by atoms with Gasteiger partial charge in [-0.05, 0) is 6.92 Å². The molecule has 1 aliphatic heterocycles. The minimum Gasteiger partial charge on any atom is -0.375 e. The molecule has 0 bridgehead atoms.